The van der Waals surface area contributed by atoms with Crippen molar-refractivity contribution in [3.8, 4) is 11.5 Å². The number of methoxy groups -OCH3 is 2. The summed E-state index contributed by atoms with van der Waals surface area (Å²) < 4.78 is 26.3. The van der Waals surface area contributed by atoms with Crippen molar-refractivity contribution in [1.29, 1.82) is 0 Å². The maximum Gasteiger partial charge on any atom is 0.172 e. The van der Waals surface area contributed by atoms with Crippen LogP contribution in [0.15, 0.2) is 42.5 Å². The number of hydrogen-bond donors (Lipinski definition) is 0. The summed E-state index contributed by atoms with van der Waals surface area (Å²) in [6.07, 6.45) is 2.26. The van der Waals surface area contributed by atoms with Crippen LogP contribution in [0.2, 0.25) is 0 Å². The highest BCUT2D eigenvalue weighted by atomic mass is 19.1. The van der Waals surface area contributed by atoms with E-state index in [1.807, 2.05) is 19.1 Å². The first-order chi connectivity index (χ1) is 15.5. The predicted octanol–water partition coefficient (Wildman–Crippen LogP) is 5.48. The van der Waals surface area contributed by atoms with Gasteiger partial charge in [-0.25, -0.2) is 4.39 Å². The summed E-state index contributed by atoms with van der Waals surface area (Å²) in [5, 5.41) is 0. The van der Waals surface area contributed by atoms with Crippen LogP contribution in [-0.4, -0.2) is 44.2 Å². The molecule has 2 aliphatic rings. The van der Waals surface area contributed by atoms with Gasteiger partial charge in [0, 0.05) is 12.1 Å². The highest BCUT2D eigenvalue weighted by molar-refractivity contribution is 6.06. The van der Waals surface area contributed by atoms with E-state index in [9.17, 15) is 4.79 Å². The molecular weight excluding hydrogens is 405 g/mol. The van der Waals surface area contributed by atoms with Gasteiger partial charge in [0.25, 0.3) is 0 Å². The van der Waals surface area contributed by atoms with Gasteiger partial charge in [-0.3, -0.25) is 9.69 Å². The Hall–Kier alpha value is -2.40. The number of ketones is 1. The summed E-state index contributed by atoms with van der Waals surface area (Å²) in [5.41, 5.74) is 1.83. The zero-order valence-electron chi connectivity index (χ0n) is 19.4. The third-order valence-electron chi connectivity index (χ3n) is 7.38. The Balaban J connectivity index is 1.49. The normalized spacial score (nSPS) is 22.6. The summed E-state index contributed by atoms with van der Waals surface area (Å²) in [6.45, 7) is 4.76. The highest BCUT2D eigenvalue weighted by Gasteiger charge is 2.52. The first kappa shape index (κ1) is 22.8. The van der Waals surface area contributed by atoms with E-state index in [1.54, 1.807) is 20.3 Å². The molecule has 2 aromatic rings. The zero-order valence-corrected chi connectivity index (χ0v) is 19.4. The topological polar surface area (TPSA) is 38.8 Å². The van der Waals surface area contributed by atoms with Gasteiger partial charge in [-0.15, -0.1) is 0 Å². The van der Waals surface area contributed by atoms with Gasteiger partial charge in [0.15, 0.2) is 17.3 Å². The molecule has 172 valence electrons. The molecule has 4 rings (SSSR count). The van der Waals surface area contributed by atoms with Crippen molar-refractivity contribution in [2.45, 2.75) is 51.7 Å². The van der Waals surface area contributed by atoms with Gasteiger partial charge in [0.1, 0.15) is 6.17 Å². The second-order valence-electron chi connectivity index (χ2n) is 9.31. The molecule has 0 aromatic heterocycles. The average molecular weight is 440 g/mol. The molecule has 1 aliphatic heterocycles. The van der Waals surface area contributed by atoms with E-state index in [4.69, 9.17) is 9.47 Å². The SMILES string of the molecule is CCC(F)C1(CC2CCN(Cc3ccccc3)CC2)Cc2cc(OC)c(OC)cc2C1=O. The summed E-state index contributed by atoms with van der Waals surface area (Å²) in [5.74, 6) is 1.41. The predicted molar refractivity (Wildman–Crippen MR) is 124 cm³/mol. The molecule has 2 atom stereocenters. The van der Waals surface area contributed by atoms with Crippen LogP contribution in [0.5, 0.6) is 11.5 Å². The van der Waals surface area contributed by atoms with Gasteiger partial charge in [0.05, 0.1) is 19.6 Å². The molecule has 0 spiro atoms. The molecule has 0 N–H and O–H groups in total. The summed E-state index contributed by atoms with van der Waals surface area (Å²) in [4.78, 5) is 16.1. The van der Waals surface area contributed by atoms with Crippen LogP contribution in [0.25, 0.3) is 0 Å². The van der Waals surface area contributed by atoms with Crippen LogP contribution >= 0.6 is 0 Å². The first-order valence-electron chi connectivity index (χ1n) is 11.7. The summed E-state index contributed by atoms with van der Waals surface area (Å²) >= 11 is 0. The molecule has 5 heteroatoms. The molecule has 2 aromatic carbocycles. The largest absolute Gasteiger partial charge is 0.493 e. The number of halogens is 1. The molecular formula is C27H34FNO3. The molecule has 1 saturated heterocycles. The number of benzene rings is 2. The second-order valence-corrected chi connectivity index (χ2v) is 9.31. The summed E-state index contributed by atoms with van der Waals surface area (Å²) in [7, 11) is 3.14. The smallest absolute Gasteiger partial charge is 0.172 e. The molecule has 2 unspecified atom stereocenters. The van der Waals surface area contributed by atoms with Crippen LogP contribution in [0, 0.1) is 11.3 Å². The number of rotatable bonds is 8. The molecule has 0 radical (unpaired) electrons. The van der Waals surface area contributed by atoms with Gasteiger partial charge in [-0.05, 0) is 74.4 Å². The van der Waals surface area contributed by atoms with Crippen molar-refractivity contribution >= 4 is 5.78 Å². The number of ether oxygens (including phenoxy) is 2. The van der Waals surface area contributed by atoms with E-state index in [1.165, 1.54) is 5.56 Å². The number of likely N-dealkylation sites (tertiary alicyclic amines) is 1. The Kier molecular flexibility index (Phi) is 6.85. The molecule has 1 fully saturated rings. The number of piperidine rings is 1. The fourth-order valence-corrected chi connectivity index (χ4v) is 5.61. The molecule has 1 aliphatic carbocycles. The van der Waals surface area contributed by atoms with E-state index in [0.717, 1.165) is 38.0 Å². The zero-order chi connectivity index (χ0) is 22.7. The van der Waals surface area contributed by atoms with E-state index >= 15 is 4.39 Å². The number of alkyl halides is 1. The van der Waals surface area contributed by atoms with Gasteiger partial charge < -0.3 is 9.47 Å². The Labute approximate surface area is 190 Å². The average Bonchev–Trinajstić information content (AvgIpc) is 3.10. The Morgan fingerprint density at radius 2 is 1.75 bits per heavy atom. The van der Waals surface area contributed by atoms with E-state index in [0.29, 0.717) is 42.2 Å². The second kappa shape index (κ2) is 9.62. The van der Waals surface area contributed by atoms with Crippen molar-refractivity contribution in [3.63, 3.8) is 0 Å². The number of hydrogen-bond acceptors (Lipinski definition) is 4. The molecule has 4 nitrogen and oxygen atoms in total. The van der Waals surface area contributed by atoms with Gasteiger partial charge in [0.2, 0.25) is 0 Å². The maximum atomic E-state index is 15.5. The van der Waals surface area contributed by atoms with Crippen LogP contribution in [-0.2, 0) is 13.0 Å². The van der Waals surface area contributed by atoms with E-state index in [2.05, 4.69) is 29.2 Å². The fourth-order valence-electron chi connectivity index (χ4n) is 5.61. The van der Waals surface area contributed by atoms with E-state index in [-0.39, 0.29) is 5.78 Å². The van der Waals surface area contributed by atoms with Crippen LogP contribution in [0.4, 0.5) is 4.39 Å². The van der Waals surface area contributed by atoms with Crippen LogP contribution < -0.4 is 9.47 Å². The lowest BCUT2D eigenvalue weighted by Crippen LogP contribution is -2.42. The first-order valence-corrected chi connectivity index (χ1v) is 11.7. The lowest BCUT2D eigenvalue weighted by molar-refractivity contribution is 0.0432. The number of Topliss-reactive ketones (excluding diaryl/α,β-unsaturated/α-hetero) is 1. The summed E-state index contributed by atoms with van der Waals surface area (Å²) in [6, 6.07) is 14.1. The number of fused-ring (bicyclic) bond motifs is 1. The van der Waals surface area contributed by atoms with Crippen LogP contribution in [0.1, 0.15) is 54.1 Å². The van der Waals surface area contributed by atoms with Gasteiger partial charge in [-0.2, -0.15) is 0 Å². The fraction of sp³-hybridized carbons (Fsp3) is 0.519. The third kappa shape index (κ3) is 4.27. The lowest BCUT2D eigenvalue weighted by atomic mass is 9.70. The van der Waals surface area contributed by atoms with Crippen molar-refractivity contribution in [3.05, 3.63) is 59.2 Å². The van der Waals surface area contributed by atoms with Crippen molar-refractivity contribution in [1.82, 2.24) is 4.90 Å². The van der Waals surface area contributed by atoms with Crippen molar-refractivity contribution in [2.24, 2.45) is 11.3 Å². The van der Waals surface area contributed by atoms with Gasteiger partial charge >= 0.3 is 0 Å². The molecule has 0 amide bonds. The molecule has 0 saturated carbocycles. The Morgan fingerprint density at radius 1 is 1.09 bits per heavy atom. The number of carbonyl (C=O) groups excluding carboxylic acids is 1. The molecule has 1 heterocycles. The number of nitrogens with zero attached hydrogens (tertiary/aromatic N) is 1. The quantitative estimate of drug-likeness (QED) is 0.546. The minimum atomic E-state index is -1.15. The minimum absolute atomic E-state index is 0.0606. The Bertz CT molecular complexity index is 939. The third-order valence-corrected chi connectivity index (χ3v) is 7.38. The minimum Gasteiger partial charge on any atom is -0.493 e. The lowest BCUT2D eigenvalue weighted by Gasteiger charge is -2.38. The molecule has 32 heavy (non-hydrogen) atoms. The Morgan fingerprint density at radius 3 is 2.38 bits per heavy atom. The molecule has 0 bridgehead atoms. The van der Waals surface area contributed by atoms with Crippen molar-refractivity contribution in [2.75, 3.05) is 27.3 Å². The number of carbonyl (C=O) groups is 1. The van der Waals surface area contributed by atoms with Crippen LogP contribution in [0.3, 0.4) is 0 Å². The van der Waals surface area contributed by atoms with Crippen molar-refractivity contribution < 1.29 is 18.7 Å². The standard InChI is InChI=1S/C27H34FNO3/c1-4-25(28)27(17-21-14-23(31-2)24(32-3)15-22(21)26(27)30)16-19-10-12-29(13-11-19)18-20-8-6-5-7-9-20/h5-9,14-15,19,25H,4,10-13,16-18H2,1-3H3. The maximum absolute atomic E-state index is 15.5. The highest BCUT2D eigenvalue weighted by Crippen LogP contribution is 2.50. The monoisotopic (exact) mass is 439 g/mol. The van der Waals surface area contributed by atoms with E-state index < -0.39 is 11.6 Å². The van der Waals surface area contributed by atoms with Gasteiger partial charge in [-0.1, -0.05) is 37.3 Å².